The number of phenolic OH excluding ortho intramolecular Hbond substituents is 1. The molecule has 6 nitrogen and oxygen atoms in total. The van der Waals surface area contributed by atoms with E-state index in [1.165, 1.54) is 48.1 Å². The summed E-state index contributed by atoms with van der Waals surface area (Å²) in [6.45, 7) is -1.27. The highest BCUT2D eigenvalue weighted by Crippen LogP contribution is 2.30. The van der Waals surface area contributed by atoms with Crippen molar-refractivity contribution in [2.45, 2.75) is 20.0 Å². The van der Waals surface area contributed by atoms with Crippen LogP contribution >= 0.6 is 0 Å². The predicted octanol–water partition coefficient (Wildman–Crippen LogP) is 3.66. The number of alkyl halides is 2. The summed E-state index contributed by atoms with van der Waals surface area (Å²) in [7, 11) is 1.27. The molecule has 3 aromatic rings. The van der Waals surface area contributed by atoms with Gasteiger partial charge in [-0.25, -0.2) is 0 Å². The Balaban J connectivity index is 2.08. The normalized spacial score (nSPS) is 11.0. The summed E-state index contributed by atoms with van der Waals surface area (Å²) in [4.78, 5) is 24.8. The zero-order valence-electron chi connectivity index (χ0n) is 15.1. The Morgan fingerprint density at radius 3 is 2.43 bits per heavy atom. The topological polar surface area (TPSA) is 77.8 Å². The SMILES string of the molecule is COC(=O)Cc1c(C)n(C(=O)c2ccc(OC(F)F)cc2)c2ccc(O)cc12. The number of halogens is 2. The third-order valence-corrected chi connectivity index (χ3v) is 4.40. The summed E-state index contributed by atoms with van der Waals surface area (Å²) in [5.41, 5.74) is 1.83. The van der Waals surface area contributed by atoms with Gasteiger partial charge in [0.25, 0.3) is 5.91 Å². The lowest BCUT2D eigenvalue weighted by Gasteiger charge is -2.09. The van der Waals surface area contributed by atoms with Crippen molar-refractivity contribution in [1.82, 2.24) is 4.57 Å². The fraction of sp³-hybridized carbons (Fsp3) is 0.200. The van der Waals surface area contributed by atoms with Crippen molar-refractivity contribution in [2.24, 2.45) is 0 Å². The van der Waals surface area contributed by atoms with Gasteiger partial charge in [0.15, 0.2) is 0 Å². The Bertz CT molecular complexity index is 1040. The highest BCUT2D eigenvalue weighted by atomic mass is 19.3. The first kappa shape index (κ1) is 19.3. The number of nitrogens with zero attached hydrogens (tertiary/aromatic N) is 1. The van der Waals surface area contributed by atoms with Crippen molar-refractivity contribution in [1.29, 1.82) is 0 Å². The summed E-state index contributed by atoms with van der Waals surface area (Å²) in [6.07, 6.45) is -0.0657. The number of methoxy groups -OCH3 is 1. The lowest BCUT2D eigenvalue weighted by atomic mass is 10.1. The highest BCUT2D eigenvalue weighted by Gasteiger charge is 2.22. The molecule has 0 unspecified atom stereocenters. The van der Waals surface area contributed by atoms with Crippen molar-refractivity contribution in [2.75, 3.05) is 7.11 Å². The van der Waals surface area contributed by atoms with E-state index in [2.05, 4.69) is 4.74 Å². The number of rotatable bonds is 5. The molecule has 8 heteroatoms. The Morgan fingerprint density at radius 1 is 1.14 bits per heavy atom. The molecule has 0 aliphatic heterocycles. The lowest BCUT2D eigenvalue weighted by Crippen LogP contribution is -2.14. The number of aromatic hydroxyl groups is 1. The molecule has 28 heavy (non-hydrogen) atoms. The molecular formula is C20H17F2NO5. The highest BCUT2D eigenvalue weighted by molar-refractivity contribution is 6.05. The van der Waals surface area contributed by atoms with E-state index >= 15 is 0 Å². The van der Waals surface area contributed by atoms with Crippen LogP contribution < -0.4 is 4.74 Å². The van der Waals surface area contributed by atoms with E-state index in [1.807, 2.05) is 0 Å². The number of phenols is 1. The second-order valence-electron chi connectivity index (χ2n) is 6.06. The molecule has 0 radical (unpaired) electrons. The maximum Gasteiger partial charge on any atom is 0.387 e. The molecule has 0 bridgehead atoms. The third kappa shape index (κ3) is 3.66. The zero-order valence-corrected chi connectivity index (χ0v) is 15.1. The first-order chi connectivity index (χ1) is 13.3. The van der Waals surface area contributed by atoms with E-state index in [-0.39, 0.29) is 23.5 Å². The van der Waals surface area contributed by atoms with Gasteiger partial charge in [-0.1, -0.05) is 0 Å². The second kappa shape index (κ2) is 7.67. The van der Waals surface area contributed by atoms with Crippen LogP contribution in [0.15, 0.2) is 42.5 Å². The van der Waals surface area contributed by atoms with Gasteiger partial charge in [-0.15, -0.1) is 0 Å². The van der Waals surface area contributed by atoms with E-state index in [9.17, 15) is 23.5 Å². The maximum atomic E-state index is 13.1. The largest absolute Gasteiger partial charge is 0.508 e. The monoisotopic (exact) mass is 389 g/mol. The first-order valence-electron chi connectivity index (χ1n) is 8.31. The van der Waals surface area contributed by atoms with Gasteiger partial charge < -0.3 is 14.6 Å². The van der Waals surface area contributed by atoms with E-state index in [4.69, 9.17) is 4.74 Å². The minimum absolute atomic E-state index is 0.00304. The van der Waals surface area contributed by atoms with E-state index in [0.29, 0.717) is 22.2 Å². The molecule has 2 aromatic carbocycles. The van der Waals surface area contributed by atoms with Crippen LogP contribution in [0.3, 0.4) is 0 Å². The number of fused-ring (bicyclic) bond motifs is 1. The summed E-state index contributed by atoms with van der Waals surface area (Å²) in [5.74, 6) is -0.951. The molecular weight excluding hydrogens is 372 g/mol. The number of benzene rings is 2. The molecule has 0 atom stereocenters. The predicted molar refractivity (Wildman–Crippen MR) is 96.9 cm³/mol. The summed E-state index contributed by atoms with van der Waals surface area (Å²) < 4.78 is 35.0. The molecule has 0 aliphatic carbocycles. The van der Waals surface area contributed by atoms with Crippen molar-refractivity contribution in [3.05, 3.63) is 59.3 Å². The maximum absolute atomic E-state index is 13.1. The first-order valence-corrected chi connectivity index (χ1v) is 8.31. The number of aromatic nitrogens is 1. The number of esters is 1. The van der Waals surface area contributed by atoms with Crippen LogP contribution in [-0.4, -0.2) is 35.3 Å². The standard InChI is InChI=1S/C20H17F2NO5/c1-11-15(10-18(25)27-2)16-9-13(24)5-8-17(16)23(11)19(26)12-3-6-14(7-4-12)28-20(21)22/h3-9,20,24H,10H2,1-2H3. The third-order valence-electron chi connectivity index (χ3n) is 4.40. The molecule has 0 saturated carbocycles. The molecule has 146 valence electrons. The molecule has 0 spiro atoms. The van der Waals surface area contributed by atoms with Gasteiger partial charge in [-0.05, 0) is 55.0 Å². The fourth-order valence-corrected chi connectivity index (χ4v) is 3.08. The van der Waals surface area contributed by atoms with Crippen molar-refractivity contribution < 1.29 is 33.0 Å². The minimum atomic E-state index is -2.95. The van der Waals surface area contributed by atoms with Gasteiger partial charge in [-0.2, -0.15) is 8.78 Å². The van der Waals surface area contributed by atoms with Crippen LogP contribution in [0.25, 0.3) is 10.9 Å². The number of carbonyl (C=O) groups is 2. The average molecular weight is 389 g/mol. The minimum Gasteiger partial charge on any atom is -0.508 e. The molecule has 1 aromatic heterocycles. The number of ether oxygens (including phenoxy) is 2. The van der Waals surface area contributed by atoms with E-state index < -0.39 is 18.5 Å². The Kier molecular flexibility index (Phi) is 5.30. The van der Waals surface area contributed by atoms with Crippen LogP contribution in [0, 0.1) is 6.92 Å². The van der Waals surface area contributed by atoms with Gasteiger partial charge in [0.1, 0.15) is 11.5 Å². The van der Waals surface area contributed by atoms with Gasteiger partial charge in [0, 0.05) is 16.6 Å². The van der Waals surface area contributed by atoms with Crippen LogP contribution in [0.5, 0.6) is 11.5 Å². The van der Waals surface area contributed by atoms with Crippen molar-refractivity contribution in [3.63, 3.8) is 0 Å². The molecule has 1 heterocycles. The Morgan fingerprint density at radius 2 is 1.82 bits per heavy atom. The molecule has 0 aliphatic rings. The molecule has 3 rings (SSSR count). The molecule has 0 saturated heterocycles. The van der Waals surface area contributed by atoms with Crippen LogP contribution in [0.1, 0.15) is 21.6 Å². The Hall–Kier alpha value is -3.42. The molecule has 0 amide bonds. The van der Waals surface area contributed by atoms with E-state index in [1.54, 1.807) is 13.0 Å². The van der Waals surface area contributed by atoms with Gasteiger partial charge >= 0.3 is 12.6 Å². The van der Waals surface area contributed by atoms with Crippen molar-refractivity contribution in [3.8, 4) is 11.5 Å². The van der Waals surface area contributed by atoms with Gasteiger partial charge in [-0.3, -0.25) is 14.2 Å². The average Bonchev–Trinajstić information content (AvgIpc) is 2.92. The van der Waals surface area contributed by atoms with Crippen LogP contribution in [0.4, 0.5) is 8.78 Å². The van der Waals surface area contributed by atoms with E-state index in [0.717, 1.165) is 0 Å². The van der Waals surface area contributed by atoms with Gasteiger partial charge in [0.2, 0.25) is 0 Å². The Labute approximate surface area is 158 Å². The second-order valence-corrected chi connectivity index (χ2v) is 6.06. The quantitative estimate of drug-likeness (QED) is 0.674. The molecule has 1 N–H and O–H groups in total. The van der Waals surface area contributed by atoms with Crippen LogP contribution in [-0.2, 0) is 16.0 Å². The number of carbonyl (C=O) groups excluding carboxylic acids is 2. The van der Waals surface area contributed by atoms with Crippen molar-refractivity contribution >= 4 is 22.8 Å². The summed E-state index contributed by atoms with van der Waals surface area (Å²) >= 11 is 0. The summed E-state index contributed by atoms with van der Waals surface area (Å²) in [6, 6.07) is 9.81. The lowest BCUT2D eigenvalue weighted by molar-refractivity contribution is -0.139. The zero-order chi connectivity index (χ0) is 20.4. The van der Waals surface area contributed by atoms with Gasteiger partial charge in [0.05, 0.1) is 19.0 Å². The summed E-state index contributed by atoms with van der Waals surface area (Å²) in [5, 5.41) is 10.4. The molecule has 0 fully saturated rings. The number of hydrogen-bond donors (Lipinski definition) is 1. The smallest absolute Gasteiger partial charge is 0.387 e. The fourth-order valence-electron chi connectivity index (χ4n) is 3.08. The van der Waals surface area contributed by atoms with Crippen LogP contribution in [0.2, 0.25) is 0 Å². The number of hydrogen-bond acceptors (Lipinski definition) is 5.